The molecule has 1 saturated carbocycles. The number of ether oxygens (including phenoxy) is 3. The minimum Gasteiger partial charge on any atom is -0.460 e. The van der Waals surface area contributed by atoms with Gasteiger partial charge in [0, 0.05) is 37.7 Å². The van der Waals surface area contributed by atoms with E-state index in [9.17, 15) is 15.0 Å². The SMILES string of the molecule is C=CCOC12Oc3ccc(OC(=O)NCc4ccccc4)cc3C3C(CCCCO)C(CCCCO)C=C(C(=NOCC)CC1SCCCCCCCCCCCCCCCC)C32. The maximum Gasteiger partial charge on any atom is 0.412 e. The molecule has 0 aromatic heterocycles. The summed E-state index contributed by atoms with van der Waals surface area (Å²) in [6.45, 7) is 9.78. The van der Waals surface area contributed by atoms with Crippen LogP contribution in [0.1, 0.15) is 166 Å². The zero-order valence-electron chi connectivity index (χ0n) is 38.8. The summed E-state index contributed by atoms with van der Waals surface area (Å²) in [5.74, 6) is 1.24. The van der Waals surface area contributed by atoms with Gasteiger partial charge in [0.1, 0.15) is 18.1 Å². The zero-order chi connectivity index (χ0) is 44.5. The summed E-state index contributed by atoms with van der Waals surface area (Å²) in [5.41, 5.74) is 4.04. The van der Waals surface area contributed by atoms with E-state index in [1.165, 1.54) is 83.5 Å². The number of aliphatic hydroxyl groups excluding tert-OH is 2. The number of aliphatic hydroxyl groups is 2. The van der Waals surface area contributed by atoms with Crippen LogP contribution in [0, 0.1) is 17.8 Å². The van der Waals surface area contributed by atoms with Crippen LogP contribution >= 0.6 is 11.8 Å². The van der Waals surface area contributed by atoms with Gasteiger partial charge in [0.2, 0.25) is 5.79 Å². The fourth-order valence-corrected chi connectivity index (χ4v) is 11.5. The number of hydrogen-bond donors (Lipinski definition) is 3. The Labute approximate surface area is 384 Å². The molecule has 1 amide bonds. The Morgan fingerprint density at radius 2 is 1.54 bits per heavy atom. The number of fused-ring (bicyclic) bond motifs is 2. The highest BCUT2D eigenvalue weighted by Gasteiger charge is 2.64. The maximum absolute atomic E-state index is 13.2. The maximum atomic E-state index is 13.2. The Morgan fingerprint density at radius 3 is 2.19 bits per heavy atom. The molecule has 1 aliphatic heterocycles. The van der Waals surface area contributed by atoms with Gasteiger partial charge in [-0.15, -0.1) is 6.58 Å². The monoisotopic (exact) mass is 889 g/mol. The number of nitrogens with zero attached hydrogens (tertiary/aromatic N) is 1. The van der Waals surface area contributed by atoms with Crippen LogP contribution in [0.15, 0.2) is 78.0 Å². The lowest BCUT2D eigenvalue weighted by atomic mass is 9.56. The van der Waals surface area contributed by atoms with Crippen LogP contribution in [-0.4, -0.2) is 65.2 Å². The largest absolute Gasteiger partial charge is 0.460 e. The number of thioether (sulfide) groups is 1. The summed E-state index contributed by atoms with van der Waals surface area (Å²) in [7, 11) is 0. The lowest BCUT2D eigenvalue weighted by molar-refractivity contribution is -0.223. The third-order valence-electron chi connectivity index (χ3n) is 13.2. The molecule has 1 fully saturated rings. The molecule has 10 heteroatoms. The van der Waals surface area contributed by atoms with Gasteiger partial charge in [-0.2, -0.15) is 11.8 Å². The minimum atomic E-state index is -1.01. The lowest BCUT2D eigenvalue weighted by Gasteiger charge is -2.58. The van der Waals surface area contributed by atoms with Crippen LogP contribution in [0.5, 0.6) is 11.5 Å². The Morgan fingerprint density at radius 1 is 0.873 bits per heavy atom. The number of oxime groups is 1. The number of unbranched alkanes of at least 4 members (excludes halogenated alkanes) is 15. The molecule has 0 bridgehead atoms. The second-order valence-corrected chi connectivity index (χ2v) is 19.2. The number of benzene rings is 2. The van der Waals surface area contributed by atoms with Crippen molar-refractivity contribution in [2.75, 3.05) is 32.2 Å². The van der Waals surface area contributed by atoms with Crippen molar-refractivity contribution in [3.8, 4) is 11.5 Å². The smallest absolute Gasteiger partial charge is 0.412 e. The molecule has 63 heavy (non-hydrogen) atoms. The van der Waals surface area contributed by atoms with Crippen LogP contribution in [0.2, 0.25) is 0 Å². The van der Waals surface area contributed by atoms with Crippen molar-refractivity contribution >= 4 is 23.6 Å². The molecule has 0 spiro atoms. The van der Waals surface area contributed by atoms with E-state index in [1.54, 1.807) is 0 Å². The number of carbonyl (C=O) groups is 1. The van der Waals surface area contributed by atoms with Crippen LogP contribution in [0.25, 0.3) is 0 Å². The van der Waals surface area contributed by atoms with E-state index in [4.69, 9.17) is 24.2 Å². The van der Waals surface area contributed by atoms with E-state index >= 15 is 0 Å². The van der Waals surface area contributed by atoms with Gasteiger partial charge in [0.05, 0.1) is 23.5 Å². The second-order valence-electron chi connectivity index (χ2n) is 17.9. The number of nitrogens with one attached hydrogen (secondary N) is 1. The summed E-state index contributed by atoms with van der Waals surface area (Å²) in [4.78, 5) is 19.1. The first-order valence-corrected chi connectivity index (χ1v) is 25.9. The molecule has 3 aliphatic rings. The van der Waals surface area contributed by atoms with E-state index in [2.05, 4.69) is 24.9 Å². The number of carbonyl (C=O) groups excluding carboxylic acids is 1. The van der Waals surface area contributed by atoms with Crippen molar-refractivity contribution in [1.82, 2.24) is 5.32 Å². The van der Waals surface area contributed by atoms with Crippen LogP contribution in [0.4, 0.5) is 4.79 Å². The Kier molecular flexibility index (Phi) is 23.0. The van der Waals surface area contributed by atoms with Crippen molar-refractivity contribution in [2.45, 2.75) is 172 Å². The third-order valence-corrected chi connectivity index (χ3v) is 14.7. The van der Waals surface area contributed by atoms with Gasteiger partial charge < -0.3 is 34.6 Å². The van der Waals surface area contributed by atoms with Crippen LogP contribution in [-0.2, 0) is 16.1 Å². The Balaban J connectivity index is 1.39. The standard InChI is InChI=1S/C53H80N2O7S/c1-4-7-8-9-10-11-12-13-14-15-16-17-18-26-36-63-49-39-47(55-60-6-3)45-37-42(29-22-24-33-56)44(30-23-25-34-57)50-46-38-43(61-52(58)54-40-41-27-20-19-21-28-41)31-32-48(46)62-53(49,51(45)50)59-35-5-2/h5,19-21,27-28,31-32,37-38,42,44,49-51,56-57H,2,4,6-18,22-26,29-30,33-36,39-40H2,1,3H3,(H,54,58). The summed E-state index contributed by atoms with van der Waals surface area (Å²) in [5, 5.41) is 27.4. The van der Waals surface area contributed by atoms with E-state index in [1.807, 2.05) is 73.3 Å². The van der Waals surface area contributed by atoms with Crippen LogP contribution < -0.4 is 14.8 Å². The lowest BCUT2D eigenvalue weighted by Crippen LogP contribution is -2.64. The molecular weight excluding hydrogens is 809 g/mol. The van der Waals surface area contributed by atoms with Crippen molar-refractivity contribution < 1.29 is 34.1 Å². The van der Waals surface area contributed by atoms with Crippen molar-refractivity contribution in [3.63, 3.8) is 0 Å². The molecule has 2 aromatic rings. The normalized spacial score (nSPS) is 23.0. The summed E-state index contributed by atoms with van der Waals surface area (Å²) >= 11 is 1.94. The van der Waals surface area contributed by atoms with Crippen LogP contribution in [0.3, 0.4) is 0 Å². The van der Waals surface area contributed by atoms with E-state index in [0.29, 0.717) is 31.9 Å². The molecular formula is C53H80N2O7S. The first kappa shape index (κ1) is 50.7. The molecule has 1 heterocycles. The van der Waals surface area contributed by atoms with Gasteiger partial charge in [0.15, 0.2) is 0 Å². The first-order chi connectivity index (χ1) is 31.0. The minimum absolute atomic E-state index is 0.0661. The topological polar surface area (TPSA) is 119 Å². The van der Waals surface area contributed by atoms with Gasteiger partial charge in [-0.3, -0.25) is 0 Å². The van der Waals surface area contributed by atoms with Crippen molar-refractivity contribution in [3.05, 3.63) is 84.0 Å². The third kappa shape index (κ3) is 15.1. The highest BCUT2D eigenvalue weighted by molar-refractivity contribution is 8.00. The number of allylic oxidation sites excluding steroid dienone is 1. The molecule has 5 rings (SSSR count). The van der Waals surface area contributed by atoms with Gasteiger partial charge in [-0.05, 0) is 86.0 Å². The summed E-state index contributed by atoms with van der Waals surface area (Å²) in [6, 6.07) is 15.6. The van der Waals surface area contributed by atoms with Crippen molar-refractivity contribution in [1.29, 1.82) is 0 Å². The second kappa shape index (κ2) is 28.6. The number of hydrogen-bond acceptors (Lipinski definition) is 9. The first-order valence-electron chi connectivity index (χ1n) is 24.8. The highest BCUT2D eigenvalue weighted by atomic mass is 32.2. The zero-order valence-corrected chi connectivity index (χ0v) is 39.6. The molecule has 350 valence electrons. The van der Waals surface area contributed by atoms with Crippen molar-refractivity contribution in [2.24, 2.45) is 22.9 Å². The van der Waals surface area contributed by atoms with Gasteiger partial charge in [-0.1, -0.05) is 151 Å². The number of amides is 1. The number of rotatable bonds is 32. The molecule has 3 N–H and O–H groups in total. The molecule has 6 atom stereocenters. The molecule has 0 saturated heterocycles. The fourth-order valence-electron chi connectivity index (χ4n) is 10.1. The van der Waals surface area contributed by atoms with E-state index in [0.717, 1.165) is 78.9 Å². The predicted octanol–water partition coefficient (Wildman–Crippen LogP) is 12.8. The van der Waals surface area contributed by atoms with Gasteiger partial charge >= 0.3 is 6.09 Å². The average Bonchev–Trinajstić information content (AvgIpc) is 3.30. The molecule has 2 aliphatic carbocycles. The predicted molar refractivity (Wildman–Crippen MR) is 259 cm³/mol. The highest BCUT2D eigenvalue weighted by Crippen LogP contribution is 2.62. The molecule has 9 nitrogen and oxygen atoms in total. The van der Waals surface area contributed by atoms with Gasteiger partial charge in [-0.25, -0.2) is 4.79 Å². The Hall–Kier alpha value is -3.31. The Bertz CT molecular complexity index is 1690. The molecule has 6 unspecified atom stereocenters. The van der Waals surface area contributed by atoms with E-state index < -0.39 is 11.9 Å². The average molecular weight is 889 g/mol. The van der Waals surface area contributed by atoms with Gasteiger partial charge in [0.25, 0.3) is 0 Å². The molecule has 0 radical (unpaired) electrons. The quantitative estimate of drug-likeness (QED) is 0.0378. The molecule has 2 aromatic carbocycles. The fraction of sp³-hybridized carbons (Fsp3) is 0.660. The van der Waals surface area contributed by atoms with E-state index in [-0.39, 0.29) is 42.1 Å². The summed E-state index contributed by atoms with van der Waals surface area (Å²) in [6.07, 6.45) is 28.0. The summed E-state index contributed by atoms with van der Waals surface area (Å²) < 4.78 is 20.4.